The van der Waals surface area contributed by atoms with Crippen molar-refractivity contribution < 1.29 is 9.53 Å². The maximum Gasteiger partial charge on any atom is 0.228 e. The van der Waals surface area contributed by atoms with E-state index in [0.717, 1.165) is 22.9 Å². The van der Waals surface area contributed by atoms with Crippen LogP contribution in [0.25, 0.3) is 0 Å². The predicted molar refractivity (Wildman–Crippen MR) is 104 cm³/mol. The average Bonchev–Trinajstić information content (AvgIpc) is 2.66. The Morgan fingerprint density at radius 1 is 0.885 bits per heavy atom. The molecule has 2 aromatic carbocycles. The number of nitrogens with one attached hydrogen (secondary N) is 2. The monoisotopic (exact) mass is 347 g/mol. The first kappa shape index (κ1) is 17.5. The third kappa shape index (κ3) is 4.83. The molecule has 0 unspecified atom stereocenters. The number of rotatable bonds is 6. The van der Waals surface area contributed by atoms with Crippen molar-refractivity contribution in [1.82, 2.24) is 4.98 Å². The molecule has 1 amide bonds. The van der Waals surface area contributed by atoms with E-state index in [1.54, 1.807) is 12.3 Å². The van der Waals surface area contributed by atoms with E-state index in [9.17, 15) is 4.79 Å². The Balaban J connectivity index is 1.59. The zero-order valence-electron chi connectivity index (χ0n) is 14.8. The van der Waals surface area contributed by atoms with E-state index in [1.165, 1.54) is 0 Å². The molecule has 3 rings (SSSR count). The summed E-state index contributed by atoms with van der Waals surface area (Å²) in [5, 5.41) is 6.04. The van der Waals surface area contributed by atoms with Gasteiger partial charge in [0.05, 0.1) is 11.9 Å². The van der Waals surface area contributed by atoms with Crippen LogP contribution in [0.1, 0.15) is 13.8 Å². The van der Waals surface area contributed by atoms with Crippen LogP contribution in [0.3, 0.4) is 0 Å². The summed E-state index contributed by atoms with van der Waals surface area (Å²) in [6.07, 6.45) is 1.68. The number of ether oxygens (including phenoxy) is 1. The van der Waals surface area contributed by atoms with Crippen LogP contribution in [0.4, 0.5) is 17.2 Å². The van der Waals surface area contributed by atoms with E-state index in [-0.39, 0.29) is 11.8 Å². The van der Waals surface area contributed by atoms with Gasteiger partial charge >= 0.3 is 0 Å². The number of amides is 1. The van der Waals surface area contributed by atoms with Crippen LogP contribution in [-0.2, 0) is 4.79 Å². The molecule has 0 radical (unpaired) electrons. The van der Waals surface area contributed by atoms with Crippen molar-refractivity contribution in [2.24, 2.45) is 5.92 Å². The quantitative estimate of drug-likeness (QED) is 0.642. The van der Waals surface area contributed by atoms with Gasteiger partial charge in [-0.2, -0.15) is 0 Å². The number of carbonyl (C=O) groups excluding carboxylic acids is 1. The number of hydrogen-bond acceptors (Lipinski definition) is 4. The highest BCUT2D eigenvalue weighted by molar-refractivity contribution is 5.91. The first-order valence-electron chi connectivity index (χ1n) is 8.47. The maximum atomic E-state index is 11.7. The van der Waals surface area contributed by atoms with Gasteiger partial charge in [0.2, 0.25) is 5.91 Å². The van der Waals surface area contributed by atoms with E-state index >= 15 is 0 Å². The molecule has 132 valence electrons. The van der Waals surface area contributed by atoms with Crippen molar-refractivity contribution in [3.8, 4) is 11.5 Å². The molecule has 26 heavy (non-hydrogen) atoms. The summed E-state index contributed by atoms with van der Waals surface area (Å²) in [4.78, 5) is 15.9. The molecule has 2 N–H and O–H groups in total. The number of nitrogens with zero attached hydrogens (tertiary/aromatic N) is 1. The van der Waals surface area contributed by atoms with Crippen molar-refractivity contribution in [3.05, 3.63) is 72.9 Å². The second-order valence-corrected chi connectivity index (χ2v) is 6.14. The second kappa shape index (κ2) is 8.16. The average molecular weight is 347 g/mol. The summed E-state index contributed by atoms with van der Waals surface area (Å²) in [6, 6.07) is 21.0. The van der Waals surface area contributed by atoms with Crippen LogP contribution in [0, 0.1) is 5.92 Å². The second-order valence-electron chi connectivity index (χ2n) is 6.14. The number of benzene rings is 2. The standard InChI is InChI=1S/C21H21N3O2/c1-15(2)21(25)24-20-13-10-17(14-22-20)23-16-8-11-19(12-9-16)26-18-6-4-3-5-7-18/h3-15,23H,1-2H3,(H,22,24,25). The largest absolute Gasteiger partial charge is 0.457 e. The summed E-state index contributed by atoms with van der Waals surface area (Å²) in [5.41, 5.74) is 1.76. The third-order valence-corrected chi connectivity index (χ3v) is 3.66. The van der Waals surface area contributed by atoms with Gasteiger partial charge in [0, 0.05) is 11.6 Å². The molecule has 0 spiro atoms. The third-order valence-electron chi connectivity index (χ3n) is 3.66. The fraction of sp³-hybridized carbons (Fsp3) is 0.143. The number of pyridine rings is 1. The molecular formula is C21H21N3O2. The summed E-state index contributed by atoms with van der Waals surface area (Å²) < 4.78 is 5.78. The van der Waals surface area contributed by atoms with Crippen LogP contribution in [-0.4, -0.2) is 10.9 Å². The molecule has 0 bridgehead atoms. The molecule has 5 heteroatoms. The number of hydrogen-bond donors (Lipinski definition) is 2. The highest BCUT2D eigenvalue weighted by atomic mass is 16.5. The van der Waals surface area contributed by atoms with Crippen LogP contribution < -0.4 is 15.4 Å². The van der Waals surface area contributed by atoms with Crippen molar-refractivity contribution in [2.75, 3.05) is 10.6 Å². The fourth-order valence-corrected chi connectivity index (χ4v) is 2.21. The Hall–Kier alpha value is -3.34. The van der Waals surface area contributed by atoms with Crippen LogP contribution in [0.5, 0.6) is 11.5 Å². The van der Waals surface area contributed by atoms with E-state index in [0.29, 0.717) is 5.82 Å². The van der Waals surface area contributed by atoms with Gasteiger partial charge in [-0.1, -0.05) is 32.0 Å². The van der Waals surface area contributed by atoms with Gasteiger partial charge in [0.15, 0.2) is 0 Å². The van der Waals surface area contributed by atoms with Gasteiger partial charge in [0.25, 0.3) is 0 Å². The fourth-order valence-electron chi connectivity index (χ4n) is 2.21. The summed E-state index contributed by atoms with van der Waals surface area (Å²) >= 11 is 0. The minimum Gasteiger partial charge on any atom is -0.457 e. The Morgan fingerprint density at radius 3 is 2.15 bits per heavy atom. The molecule has 0 saturated heterocycles. The van der Waals surface area contributed by atoms with Crippen molar-refractivity contribution in [1.29, 1.82) is 0 Å². The SMILES string of the molecule is CC(C)C(=O)Nc1ccc(Nc2ccc(Oc3ccccc3)cc2)cn1. The first-order valence-corrected chi connectivity index (χ1v) is 8.47. The van der Waals surface area contributed by atoms with Gasteiger partial charge in [0.1, 0.15) is 17.3 Å². The lowest BCUT2D eigenvalue weighted by molar-refractivity contribution is -0.118. The first-order chi connectivity index (χ1) is 12.6. The summed E-state index contributed by atoms with van der Waals surface area (Å²) in [7, 11) is 0. The minimum atomic E-state index is -0.0776. The van der Waals surface area contributed by atoms with Gasteiger partial charge in [-0.15, -0.1) is 0 Å². The number of carbonyl (C=O) groups is 1. The number of aromatic nitrogens is 1. The van der Waals surface area contributed by atoms with Crippen molar-refractivity contribution in [2.45, 2.75) is 13.8 Å². The molecular weight excluding hydrogens is 326 g/mol. The molecule has 0 aliphatic carbocycles. The lowest BCUT2D eigenvalue weighted by Crippen LogP contribution is -2.18. The lowest BCUT2D eigenvalue weighted by atomic mass is 10.2. The van der Waals surface area contributed by atoms with Crippen LogP contribution >= 0.6 is 0 Å². The van der Waals surface area contributed by atoms with Gasteiger partial charge in [-0.25, -0.2) is 4.98 Å². The normalized spacial score (nSPS) is 10.4. The zero-order valence-corrected chi connectivity index (χ0v) is 14.8. The molecule has 0 atom stereocenters. The maximum absolute atomic E-state index is 11.7. The molecule has 0 aliphatic rings. The predicted octanol–water partition coefficient (Wildman–Crippen LogP) is 5.21. The van der Waals surface area contributed by atoms with E-state index < -0.39 is 0 Å². The molecule has 5 nitrogen and oxygen atoms in total. The summed E-state index contributed by atoms with van der Waals surface area (Å²) in [6.45, 7) is 3.69. The molecule has 0 fully saturated rings. The Bertz CT molecular complexity index is 845. The number of anilines is 3. The van der Waals surface area contributed by atoms with Gasteiger partial charge < -0.3 is 15.4 Å². The molecule has 0 aliphatic heterocycles. The highest BCUT2D eigenvalue weighted by Gasteiger charge is 2.07. The van der Waals surface area contributed by atoms with Gasteiger partial charge in [-0.05, 0) is 48.5 Å². The van der Waals surface area contributed by atoms with Crippen molar-refractivity contribution >= 4 is 23.1 Å². The van der Waals surface area contributed by atoms with E-state index in [1.807, 2.05) is 74.5 Å². The smallest absolute Gasteiger partial charge is 0.228 e. The molecule has 1 aromatic heterocycles. The van der Waals surface area contributed by atoms with Crippen molar-refractivity contribution in [3.63, 3.8) is 0 Å². The van der Waals surface area contributed by atoms with Crippen LogP contribution in [0.2, 0.25) is 0 Å². The lowest BCUT2D eigenvalue weighted by Gasteiger charge is -2.10. The van der Waals surface area contributed by atoms with E-state index in [4.69, 9.17) is 4.74 Å². The Labute approximate surface area is 153 Å². The topological polar surface area (TPSA) is 63.2 Å². The van der Waals surface area contributed by atoms with Crippen LogP contribution in [0.15, 0.2) is 72.9 Å². The Morgan fingerprint density at radius 2 is 1.54 bits per heavy atom. The summed E-state index contributed by atoms with van der Waals surface area (Å²) in [5.74, 6) is 1.99. The van der Waals surface area contributed by atoms with Gasteiger partial charge in [-0.3, -0.25) is 4.79 Å². The highest BCUT2D eigenvalue weighted by Crippen LogP contribution is 2.24. The minimum absolute atomic E-state index is 0.0489. The number of para-hydroxylation sites is 1. The molecule has 3 aromatic rings. The molecule has 0 saturated carbocycles. The van der Waals surface area contributed by atoms with E-state index in [2.05, 4.69) is 15.6 Å². The molecule has 1 heterocycles. The Kier molecular flexibility index (Phi) is 5.49. The zero-order chi connectivity index (χ0) is 18.4.